The van der Waals surface area contributed by atoms with Gasteiger partial charge in [0, 0.05) is 23.8 Å². The maximum absolute atomic E-state index is 14.0. The number of aliphatic carboxylic acids is 1. The van der Waals surface area contributed by atoms with E-state index in [0.29, 0.717) is 31.1 Å². The number of carboxylic acids is 1. The minimum Gasteiger partial charge on any atom is -0.481 e. The zero-order chi connectivity index (χ0) is 38.8. The van der Waals surface area contributed by atoms with Gasteiger partial charge in [0.05, 0.1) is 23.5 Å². The molecule has 11 atom stereocenters. The van der Waals surface area contributed by atoms with Gasteiger partial charge < -0.3 is 26.0 Å². The molecule has 1 amide bonds. The number of nitrogens with one attached hydrogen (secondary N) is 1. The summed E-state index contributed by atoms with van der Waals surface area (Å²) < 4.78 is 6.39. The number of ether oxygens (including phenoxy) is 1. The second kappa shape index (κ2) is 12.4. The van der Waals surface area contributed by atoms with Crippen molar-refractivity contribution in [2.75, 3.05) is 6.54 Å². The number of Topliss-reactive ketones (excluding diaryl/α,β-unsaturated/α-hetero) is 1. The molecular weight excluding hydrogens is 656 g/mol. The average molecular weight is 725 g/mol. The van der Waals surface area contributed by atoms with Crippen molar-refractivity contribution in [3.63, 3.8) is 0 Å². The number of fused-ring (bicyclic) bond motifs is 7. The van der Waals surface area contributed by atoms with Crippen LogP contribution in [-0.4, -0.2) is 58.1 Å². The van der Waals surface area contributed by atoms with E-state index in [4.69, 9.17) is 10.5 Å². The smallest absolute Gasteiger partial charge is 0.309 e. The van der Waals surface area contributed by atoms with E-state index >= 15 is 0 Å². The Hall–Kier alpha value is -2.26. The largest absolute Gasteiger partial charge is 0.481 e. The molecule has 0 heterocycles. The molecule has 0 aliphatic heterocycles. The van der Waals surface area contributed by atoms with Crippen LogP contribution in [0.2, 0.25) is 0 Å². The number of carbonyl (C=O) groups excluding carboxylic acids is 3. The van der Waals surface area contributed by atoms with Crippen LogP contribution in [0.1, 0.15) is 140 Å². The standard InChI is InChI=1S/C43H68N2O7/c1-23(2)32-27(46)21-43(30(47)22-45-36(51)39(7,8)44)19-18-41(10)24(33(32)43)12-13-29-40(9)16-15-31(38(5,6)28(40)14-17-42(29,41)11)52-35(50)26-20-25(34(48)49)37(26,3)4/h23-26,28-31,47H,12-22,44H2,1-11H3,(H,45,51)(H,48,49)/t24-,25+,26-,28+,29-,30+,31+,40+,41-,42-,43+/m1/s1. The number of ketones is 1. The summed E-state index contributed by atoms with van der Waals surface area (Å²) in [6.45, 7) is 23.5. The summed E-state index contributed by atoms with van der Waals surface area (Å²) in [6, 6.07) is 0. The van der Waals surface area contributed by atoms with Crippen molar-refractivity contribution in [2.24, 2.45) is 73.7 Å². The zero-order valence-electron chi connectivity index (χ0n) is 33.9. The molecule has 52 heavy (non-hydrogen) atoms. The molecule has 5 N–H and O–H groups in total. The molecule has 6 aliphatic carbocycles. The molecule has 0 aromatic carbocycles. The Morgan fingerprint density at radius 1 is 0.885 bits per heavy atom. The summed E-state index contributed by atoms with van der Waals surface area (Å²) in [4.78, 5) is 52.0. The molecule has 5 saturated carbocycles. The molecule has 5 fully saturated rings. The summed E-state index contributed by atoms with van der Waals surface area (Å²) in [6.07, 6.45) is 7.06. The van der Waals surface area contributed by atoms with Crippen molar-refractivity contribution in [1.29, 1.82) is 0 Å². The van der Waals surface area contributed by atoms with Crippen LogP contribution in [0.15, 0.2) is 11.1 Å². The van der Waals surface area contributed by atoms with E-state index in [1.54, 1.807) is 13.8 Å². The van der Waals surface area contributed by atoms with Crippen LogP contribution < -0.4 is 11.1 Å². The number of hydrogen-bond acceptors (Lipinski definition) is 7. The Morgan fingerprint density at radius 2 is 1.54 bits per heavy atom. The first-order valence-electron chi connectivity index (χ1n) is 20.3. The molecule has 6 rings (SSSR count). The number of aliphatic hydroxyl groups excluding tert-OH is 1. The molecular formula is C43H68N2O7. The Morgan fingerprint density at radius 3 is 2.12 bits per heavy atom. The fourth-order valence-corrected chi connectivity index (χ4v) is 13.9. The number of allylic oxidation sites excluding steroid dienone is 1. The molecule has 0 aromatic rings. The predicted molar refractivity (Wildman–Crippen MR) is 200 cm³/mol. The fourth-order valence-electron chi connectivity index (χ4n) is 13.9. The number of hydrogen-bond donors (Lipinski definition) is 4. The van der Waals surface area contributed by atoms with Gasteiger partial charge in [-0.3, -0.25) is 19.2 Å². The monoisotopic (exact) mass is 725 g/mol. The zero-order valence-corrected chi connectivity index (χ0v) is 33.9. The van der Waals surface area contributed by atoms with Gasteiger partial charge in [0.1, 0.15) is 6.10 Å². The maximum atomic E-state index is 14.0. The fraction of sp³-hybridized carbons (Fsp3) is 0.860. The van der Waals surface area contributed by atoms with Crippen LogP contribution >= 0.6 is 0 Å². The Balaban J connectivity index is 1.27. The van der Waals surface area contributed by atoms with Crippen LogP contribution in [0.25, 0.3) is 0 Å². The molecule has 292 valence electrons. The first-order valence-corrected chi connectivity index (χ1v) is 20.3. The highest BCUT2D eigenvalue weighted by Crippen LogP contribution is 2.77. The van der Waals surface area contributed by atoms with Gasteiger partial charge in [-0.15, -0.1) is 0 Å². The summed E-state index contributed by atoms with van der Waals surface area (Å²) in [5.74, 6) is -1.10. The van der Waals surface area contributed by atoms with Crippen LogP contribution in [0.5, 0.6) is 0 Å². The summed E-state index contributed by atoms with van der Waals surface area (Å²) in [7, 11) is 0. The van der Waals surface area contributed by atoms with Gasteiger partial charge in [-0.05, 0) is 123 Å². The summed E-state index contributed by atoms with van der Waals surface area (Å²) >= 11 is 0. The van der Waals surface area contributed by atoms with Crippen molar-refractivity contribution in [2.45, 2.75) is 158 Å². The molecule has 9 nitrogen and oxygen atoms in total. The molecule has 0 radical (unpaired) electrons. The highest BCUT2D eigenvalue weighted by molar-refractivity contribution is 6.01. The number of carboxylic acid groups (broad SMARTS) is 1. The van der Waals surface area contributed by atoms with Gasteiger partial charge in [-0.2, -0.15) is 0 Å². The van der Waals surface area contributed by atoms with Gasteiger partial charge in [0.15, 0.2) is 5.78 Å². The molecule has 0 aromatic heterocycles. The lowest BCUT2D eigenvalue weighted by molar-refractivity contribution is -0.238. The second-order valence-electron chi connectivity index (χ2n) is 21.1. The number of nitrogens with two attached hydrogens (primary N) is 1. The van der Waals surface area contributed by atoms with Crippen molar-refractivity contribution in [3.05, 3.63) is 11.1 Å². The highest BCUT2D eigenvalue weighted by Gasteiger charge is 2.71. The van der Waals surface area contributed by atoms with Crippen LogP contribution in [0, 0.1) is 68.0 Å². The SMILES string of the molecule is CC(C)C1=C2[C@H]3CC[C@@H]4[C@@]5(C)CC[C@H](OC(=O)[C@H]6C[C@@H](C(=O)O)C6(C)C)C(C)(C)[C@@H]5CC[C@@]4(C)[C@]3(C)CC[C@@]2([C@@H](O)CNC(=O)C(C)(C)N)CC1=O. The number of esters is 1. The van der Waals surface area contributed by atoms with E-state index in [0.717, 1.165) is 50.5 Å². The molecule has 0 spiro atoms. The van der Waals surface area contributed by atoms with E-state index in [1.807, 2.05) is 13.8 Å². The normalized spacial score (nSPS) is 42.6. The lowest BCUT2D eigenvalue weighted by Crippen LogP contribution is -2.66. The van der Waals surface area contributed by atoms with E-state index < -0.39 is 40.3 Å². The van der Waals surface area contributed by atoms with Crippen molar-refractivity contribution in [1.82, 2.24) is 5.32 Å². The van der Waals surface area contributed by atoms with Crippen LogP contribution in [0.4, 0.5) is 0 Å². The maximum Gasteiger partial charge on any atom is 0.309 e. The first-order chi connectivity index (χ1) is 23.8. The van der Waals surface area contributed by atoms with Gasteiger partial charge in [-0.1, -0.05) is 67.9 Å². The second-order valence-corrected chi connectivity index (χ2v) is 21.1. The topological polar surface area (TPSA) is 156 Å². The average Bonchev–Trinajstić information content (AvgIpc) is 3.33. The predicted octanol–water partition coefficient (Wildman–Crippen LogP) is 6.84. The minimum atomic E-state index is -1.06. The van der Waals surface area contributed by atoms with Gasteiger partial charge >= 0.3 is 11.9 Å². The first kappa shape index (κ1) is 39.4. The highest BCUT2D eigenvalue weighted by atomic mass is 16.5. The Kier molecular flexibility index (Phi) is 9.39. The third-order valence-electron chi connectivity index (χ3n) is 17.2. The van der Waals surface area contributed by atoms with Crippen molar-refractivity contribution in [3.8, 4) is 0 Å². The molecule has 6 aliphatic rings. The molecule has 0 unspecified atom stereocenters. The van der Waals surface area contributed by atoms with E-state index in [9.17, 15) is 29.4 Å². The number of aliphatic hydroxyl groups is 1. The van der Waals surface area contributed by atoms with E-state index in [-0.39, 0.29) is 63.8 Å². The van der Waals surface area contributed by atoms with Gasteiger partial charge in [0.2, 0.25) is 5.91 Å². The lowest BCUT2D eigenvalue weighted by Gasteiger charge is -2.72. The quantitative estimate of drug-likeness (QED) is 0.198. The number of carbonyl (C=O) groups is 4. The Labute approximate surface area is 312 Å². The van der Waals surface area contributed by atoms with Crippen molar-refractivity contribution >= 4 is 23.6 Å². The van der Waals surface area contributed by atoms with Gasteiger partial charge in [-0.25, -0.2) is 0 Å². The third-order valence-corrected chi connectivity index (χ3v) is 17.2. The van der Waals surface area contributed by atoms with Crippen molar-refractivity contribution < 1.29 is 34.1 Å². The summed E-state index contributed by atoms with van der Waals surface area (Å²) in [5.41, 5.74) is 5.55. The van der Waals surface area contributed by atoms with Crippen LogP contribution in [-0.2, 0) is 23.9 Å². The molecule has 0 bridgehead atoms. The number of amides is 1. The molecule has 0 saturated heterocycles. The molecule has 9 heteroatoms. The van der Waals surface area contributed by atoms with Crippen LogP contribution in [0.3, 0.4) is 0 Å². The minimum absolute atomic E-state index is 0.0121. The van der Waals surface area contributed by atoms with Gasteiger partial charge in [0.25, 0.3) is 0 Å². The van der Waals surface area contributed by atoms with E-state index in [1.165, 1.54) is 5.57 Å². The number of rotatable bonds is 8. The summed E-state index contributed by atoms with van der Waals surface area (Å²) in [5, 5.41) is 24.5. The third kappa shape index (κ3) is 5.42. The van der Waals surface area contributed by atoms with E-state index in [2.05, 4.69) is 53.8 Å². The lowest BCUT2D eigenvalue weighted by atomic mass is 9.33. The Bertz CT molecular complexity index is 1560.